The number of piperazine rings is 1. The largest absolute Gasteiger partial charge is 0.511 e. The first kappa shape index (κ1) is 26.0. The molecule has 34 heavy (non-hydrogen) atoms. The summed E-state index contributed by atoms with van der Waals surface area (Å²) in [7, 11) is -5.40. The van der Waals surface area contributed by atoms with Gasteiger partial charge < -0.3 is 9.64 Å². The number of alkyl halides is 3. The summed E-state index contributed by atoms with van der Waals surface area (Å²) in [6.07, 6.45) is 6.43. The topological polar surface area (TPSA) is 84.7 Å². The van der Waals surface area contributed by atoms with Gasteiger partial charge in [0.2, 0.25) is 5.75 Å². The SMILES string of the molecule is CCCCCCCOc1c(N2CCN(S(=O)(=O)C(F)(F)F)CC2)cnn(-c2ccccc2)c1=O. The van der Waals surface area contributed by atoms with E-state index < -0.39 is 21.1 Å². The minimum atomic E-state index is -5.40. The first-order valence-corrected chi connectivity index (χ1v) is 12.7. The van der Waals surface area contributed by atoms with E-state index in [1.807, 2.05) is 6.07 Å². The second-order valence-electron chi connectivity index (χ2n) is 8.01. The van der Waals surface area contributed by atoms with Crippen molar-refractivity contribution in [2.75, 3.05) is 37.7 Å². The van der Waals surface area contributed by atoms with Crippen molar-refractivity contribution in [2.45, 2.75) is 44.5 Å². The van der Waals surface area contributed by atoms with Crippen LogP contribution in [0.1, 0.15) is 39.0 Å². The summed E-state index contributed by atoms with van der Waals surface area (Å²) in [5.74, 6) is 0.0569. The van der Waals surface area contributed by atoms with Gasteiger partial charge in [-0.05, 0) is 18.6 Å². The molecule has 0 bridgehead atoms. The minimum Gasteiger partial charge on any atom is -0.486 e. The molecule has 8 nitrogen and oxygen atoms in total. The molecule has 12 heteroatoms. The highest BCUT2D eigenvalue weighted by molar-refractivity contribution is 7.90. The highest BCUT2D eigenvalue weighted by Crippen LogP contribution is 2.30. The van der Waals surface area contributed by atoms with E-state index in [4.69, 9.17) is 4.74 Å². The van der Waals surface area contributed by atoms with Crippen LogP contribution in [0.15, 0.2) is 41.3 Å². The third-order valence-electron chi connectivity index (χ3n) is 5.62. The summed E-state index contributed by atoms with van der Waals surface area (Å²) in [5.41, 5.74) is -4.94. The van der Waals surface area contributed by atoms with Crippen LogP contribution in [0.5, 0.6) is 5.75 Å². The van der Waals surface area contributed by atoms with Crippen molar-refractivity contribution in [1.29, 1.82) is 0 Å². The zero-order valence-corrected chi connectivity index (χ0v) is 19.8. The Labute approximate surface area is 197 Å². The normalized spacial score (nSPS) is 15.5. The zero-order valence-electron chi connectivity index (χ0n) is 19.0. The maximum atomic E-state index is 13.2. The smallest absolute Gasteiger partial charge is 0.486 e. The fourth-order valence-electron chi connectivity index (χ4n) is 3.74. The van der Waals surface area contributed by atoms with E-state index in [1.54, 1.807) is 29.2 Å². The van der Waals surface area contributed by atoms with E-state index in [0.29, 0.717) is 22.3 Å². The van der Waals surface area contributed by atoms with Gasteiger partial charge in [-0.2, -0.15) is 27.3 Å². The van der Waals surface area contributed by atoms with Crippen LogP contribution in [-0.2, 0) is 10.0 Å². The van der Waals surface area contributed by atoms with Gasteiger partial charge in [0.15, 0.2) is 0 Å². The van der Waals surface area contributed by atoms with E-state index in [2.05, 4.69) is 12.0 Å². The molecule has 0 unspecified atom stereocenters. The quantitative estimate of drug-likeness (QED) is 0.462. The highest BCUT2D eigenvalue weighted by Gasteiger charge is 2.50. The molecule has 1 aliphatic heterocycles. The number of halogens is 3. The van der Waals surface area contributed by atoms with Gasteiger partial charge in [0.05, 0.1) is 18.5 Å². The second kappa shape index (κ2) is 11.2. The molecule has 0 atom stereocenters. The molecule has 0 spiro atoms. The van der Waals surface area contributed by atoms with Gasteiger partial charge in [-0.3, -0.25) is 4.79 Å². The number of aromatic nitrogens is 2. The Hall–Kier alpha value is -2.60. The molecular weight excluding hydrogens is 473 g/mol. The fraction of sp³-hybridized carbons (Fsp3) is 0.545. The van der Waals surface area contributed by atoms with Crippen molar-refractivity contribution >= 4 is 15.7 Å². The van der Waals surface area contributed by atoms with Gasteiger partial charge >= 0.3 is 21.1 Å². The van der Waals surface area contributed by atoms with Crippen LogP contribution in [0.25, 0.3) is 5.69 Å². The van der Waals surface area contributed by atoms with Gasteiger partial charge in [-0.25, -0.2) is 8.42 Å². The maximum absolute atomic E-state index is 13.2. The molecule has 1 fully saturated rings. The number of unbranched alkanes of at least 4 members (excludes halogenated alkanes) is 4. The number of sulfonamides is 1. The van der Waals surface area contributed by atoms with Crippen molar-refractivity contribution < 1.29 is 26.3 Å². The molecule has 1 aromatic carbocycles. The van der Waals surface area contributed by atoms with E-state index in [1.165, 1.54) is 10.9 Å². The zero-order chi connectivity index (χ0) is 24.8. The summed E-state index contributed by atoms with van der Waals surface area (Å²) >= 11 is 0. The monoisotopic (exact) mass is 502 g/mol. The number of ether oxygens (including phenoxy) is 1. The third-order valence-corrected chi connectivity index (χ3v) is 7.25. The standard InChI is InChI=1S/C22H29F3N4O4S/c1-2-3-4-5-9-16-33-20-19(17-26-29(21(20)30)18-10-7-6-8-11-18)27-12-14-28(15-13-27)34(31,32)22(23,24)25/h6-8,10-11,17H,2-5,9,12-16H2,1H3. The number of para-hydroxylation sites is 1. The first-order valence-electron chi connectivity index (χ1n) is 11.3. The number of hydrogen-bond donors (Lipinski definition) is 0. The minimum absolute atomic E-state index is 0.0291. The van der Waals surface area contributed by atoms with Crippen LogP contribution < -0.4 is 15.2 Å². The van der Waals surface area contributed by atoms with Crippen LogP contribution in [0.3, 0.4) is 0 Å². The molecular formula is C22H29F3N4O4S. The number of hydrogen-bond acceptors (Lipinski definition) is 6. The van der Waals surface area contributed by atoms with Crippen LogP contribution >= 0.6 is 0 Å². The Morgan fingerprint density at radius 3 is 2.26 bits per heavy atom. The molecule has 3 rings (SSSR count). The molecule has 0 radical (unpaired) electrons. The summed E-state index contributed by atoms with van der Waals surface area (Å²) in [6, 6.07) is 8.80. The predicted molar refractivity (Wildman–Crippen MR) is 123 cm³/mol. The van der Waals surface area contributed by atoms with Crippen LogP contribution in [0, 0.1) is 0 Å². The molecule has 1 aliphatic rings. The summed E-state index contributed by atoms with van der Waals surface area (Å²) in [5, 5.41) is 4.23. The average molecular weight is 503 g/mol. The number of anilines is 1. The molecule has 0 aliphatic carbocycles. The van der Waals surface area contributed by atoms with Crippen molar-refractivity contribution in [2.24, 2.45) is 0 Å². The van der Waals surface area contributed by atoms with E-state index in [-0.39, 0.29) is 31.9 Å². The average Bonchev–Trinajstić information content (AvgIpc) is 2.82. The van der Waals surface area contributed by atoms with Crippen LogP contribution in [-0.4, -0.2) is 60.8 Å². The van der Waals surface area contributed by atoms with Gasteiger partial charge in [0.25, 0.3) is 0 Å². The molecule has 0 amide bonds. The molecule has 2 aromatic rings. The molecule has 0 saturated carbocycles. The van der Waals surface area contributed by atoms with Crippen LogP contribution in [0.4, 0.5) is 18.9 Å². The highest BCUT2D eigenvalue weighted by atomic mass is 32.2. The van der Waals surface area contributed by atoms with Gasteiger partial charge in [-0.15, -0.1) is 0 Å². The molecule has 2 heterocycles. The van der Waals surface area contributed by atoms with Gasteiger partial charge in [0, 0.05) is 26.2 Å². The molecule has 1 saturated heterocycles. The molecule has 0 N–H and O–H groups in total. The third kappa shape index (κ3) is 5.90. The lowest BCUT2D eigenvalue weighted by Gasteiger charge is -2.35. The van der Waals surface area contributed by atoms with E-state index >= 15 is 0 Å². The number of rotatable bonds is 10. The summed E-state index contributed by atoms with van der Waals surface area (Å²) in [6.45, 7) is 1.65. The molecule has 1 aromatic heterocycles. The second-order valence-corrected chi connectivity index (χ2v) is 9.94. The van der Waals surface area contributed by atoms with Crippen LogP contribution in [0.2, 0.25) is 0 Å². The number of nitrogens with zero attached hydrogens (tertiary/aromatic N) is 4. The molecule has 188 valence electrons. The Kier molecular flexibility index (Phi) is 8.58. The lowest BCUT2D eigenvalue weighted by molar-refractivity contribution is -0.0490. The van der Waals surface area contributed by atoms with E-state index in [0.717, 1.165) is 32.1 Å². The van der Waals surface area contributed by atoms with E-state index in [9.17, 15) is 26.4 Å². The first-order chi connectivity index (χ1) is 16.2. The van der Waals surface area contributed by atoms with Gasteiger partial charge in [0.1, 0.15) is 5.69 Å². The summed E-state index contributed by atoms with van der Waals surface area (Å²) < 4.78 is 69.6. The van der Waals surface area contributed by atoms with Crippen molar-refractivity contribution in [3.63, 3.8) is 0 Å². The van der Waals surface area contributed by atoms with Crippen molar-refractivity contribution in [3.05, 3.63) is 46.9 Å². The Bertz CT molecular complexity index is 1100. The Morgan fingerprint density at radius 1 is 1.00 bits per heavy atom. The predicted octanol–water partition coefficient (Wildman–Crippen LogP) is 3.55. The van der Waals surface area contributed by atoms with Gasteiger partial charge in [-0.1, -0.05) is 50.8 Å². The maximum Gasteiger partial charge on any atom is 0.511 e. The lowest BCUT2D eigenvalue weighted by atomic mass is 10.2. The Balaban J connectivity index is 1.82. The lowest BCUT2D eigenvalue weighted by Crippen LogP contribution is -2.52. The van der Waals surface area contributed by atoms with Crippen molar-refractivity contribution in [1.82, 2.24) is 14.1 Å². The van der Waals surface area contributed by atoms with Crippen molar-refractivity contribution in [3.8, 4) is 11.4 Å². The number of benzene rings is 1. The Morgan fingerprint density at radius 2 is 1.65 bits per heavy atom. The fourth-order valence-corrected chi connectivity index (χ4v) is 4.68. The summed E-state index contributed by atoms with van der Waals surface area (Å²) in [4.78, 5) is 14.9.